The van der Waals surface area contributed by atoms with E-state index < -0.39 is 0 Å². The first-order valence-corrected chi connectivity index (χ1v) is 8.02. The van der Waals surface area contributed by atoms with E-state index in [-0.39, 0.29) is 0 Å². The molecule has 2 aromatic carbocycles. The predicted molar refractivity (Wildman–Crippen MR) is 91.1 cm³/mol. The van der Waals surface area contributed by atoms with Gasteiger partial charge in [0.2, 0.25) is 0 Å². The lowest BCUT2D eigenvalue weighted by atomic mass is 10.0. The van der Waals surface area contributed by atoms with Gasteiger partial charge in [-0.2, -0.15) is 0 Å². The van der Waals surface area contributed by atoms with Crippen molar-refractivity contribution in [2.75, 3.05) is 5.73 Å². The first kappa shape index (κ1) is 15.4. The number of nitrogen functional groups attached to an aromatic ring is 1. The number of benzene rings is 2. The number of ether oxygens (including phenoxy) is 1. The molecule has 0 saturated heterocycles. The second kappa shape index (κ2) is 6.64. The van der Waals surface area contributed by atoms with Gasteiger partial charge < -0.3 is 10.5 Å². The average Bonchev–Trinajstić information content (AvgIpc) is 2.39. The van der Waals surface area contributed by atoms with E-state index in [1.807, 2.05) is 30.3 Å². The fourth-order valence-corrected chi connectivity index (χ4v) is 2.85. The van der Waals surface area contributed by atoms with Crippen LogP contribution in [-0.4, -0.2) is 0 Å². The third kappa shape index (κ3) is 3.55. The molecule has 106 valence electrons. The maximum atomic E-state index is 5.99. The number of hydrogen-bond donors (Lipinski definition) is 1. The van der Waals surface area contributed by atoms with Crippen molar-refractivity contribution in [1.82, 2.24) is 0 Å². The van der Waals surface area contributed by atoms with E-state index in [0.717, 1.165) is 25.9 Å². The highest BCUT2D eigenvalue weighted by atomic mass is 79.9. The van der Waals surface area contributed by atoms with Gasteiger partial charge in [-0.3, -0.25) is 0 Å². The molecule has 0 atom stereocenters. The predicted octanol–water partition coefficient (Wildman–Crippen LogP) is 5.50. The summed E-state index contributed by atoms with van der Waals surface area (Å²) in [5.41, 5.74) is 8.89. The molecule has 0 radical (unpaired) electrons. The number of anilines is 1. The average molecular weight is 399 g/mol. The molecular formula is C16H17Br2NO. The minimum absolute atomic E-state index is 0.402. The Kier molecular flexibility index (Phi) is 5.11. The van der Waals surface area contributed by atoms with E-state index in [4.69, 9.17) is 10.5 Å². The van der Waals surface area contributed by atoms with Crippen LogP contribution in [0.2, 0.25) is 0 Å². The van der Waals surface area contributed by atoms with Crippen LogP contribution in [0.1, 0.15) is 30.9 Å². The SMILES string of the molecule is CC(C)c1cc(Br)ccc1OCc1c(N)cccc1Br. The van der Waals surface area contributed by atoms with Gasteiger partial charge in [-0.15, -0.1) is 0 Å². The van der Waals surface area contributed by atoms with E-state index in [0.29, 0.717) is 12.5 Å². The molecule has 20 heavy (non-hydrogen) atoms. The summed E-state index contributed by atoms with van der Waals surface area (Å²) < 4.78 is 8.01. The normalized spacial score (nSPS) is 10.8. The molecule has 0 aliphatic carbocycles. The summed E-state index contributed by atoms with van der Waals surface area (Å²) in [6, 6.07) is 11.9. The highest BCUT2D eigenvalue weighted by molar-refractivity contribution is 9.10. The van der Waals surface area contributed by atoms with Crippen molar-refractivity contribution in [3.63, 3.8) is 0 Å². The third-order valence-corrected chi connectivity index (χ3v) is 4.36. The van der Waals surface area contributed by atoms with Crippen molar-refractivity contribution in [2.24, 2.45) is 0 Å². The van der Waals surface area contributed by atoms with Gasteiger partial charge in [0.25, 0.3) is 0 Å². The summed E-state index contributed by atoms with van der Waals surface area (Å²) in [6.45, 7) is 4.76. The van der Waals surface area contributed by atoms with Crippen LogP contribution in [0.15, 0.2) is 45.3 Å². The Bertz CT molecular complexity index is 591. The minimum Gasteiger partial charge on any atom is -0.488 e. The molecule has 0 saturated carbocycles. The van der Waals surface area contributed by atoms with Crippen LogP contribution in [0, 0.1) is 0 Å². The van der Waals surface area contributed by atoms with Gasteiger partial charge in [0.05, 0.1) is 0 Å². The Balaban J connectivity index is 2.23. The molecule has 4 heteroatoms. The Morgan fingerprint density at radius 3 is 2.55 bits per heavy atom. The summed E-state index contributed by atoms with van der Waals surface area (Å²) in [6.07, 6.45) is 0. The van der Waals surface area contributed by atoms with Gasteiger partial charge in [0.15, 0.2) is 0 Å². The van der Waals surface area contributed by atoms with Crippen LogP contribution >= 0.6 is 31.9 Å². The molecule has 0 aliphatic heterocycles. The molecule has 2 aromatic rings. The van der Waals surface area contributed by atoms with Crippen molar-refractivity contribution >= 4 is 37.5 Å². The van der Waals surface area contributed by atoms with E-state index in [9.17, 15) is 0 Å². The molecule has 0 spiro atoms. The zero-order valence-electron chi connectivity index (χ0n) is 11.5. The first-order valence-electron chi connectivity index (χ1n) is 6.44. The quantitative estimate of drug-likeness (QED) is 0.690. The molecular weight excluding hydrogens is 382 g/mol. The summed E-state index contributed by atoms with van der Waals surface area (Å²) in [4.78, 5) is 0. The summed E-state index contributed by atoms with van der Waals surface area (Å²) in [7, 11) is 0. The molecule has 0 heterocycles. The van der Waals surface area contributed by atoms with Crippen LogP contribution in [0.5, 0.6) is 5.75 Å². The van der Waals surface area contributed by atoms with Crippen LogP contribution in [0.25, 0.3) is 0 Å². The van der Waals surface area contributed by atoms with E-state index in [1.54, 1.807) is 0 Å². The zero-order valence-corrected chi connectivity index (χ0v) is 14.7. The lowest BCUT2D eigenvalue weighted by molar-refractivity contribution is 0.301. The van der Waals surface area contributed by atoms with Crippen molar-refractivity contribution in [3.05, 3.63) is 56.5 Å². The monoisotopic (exact) mass is 397 g/mol. The van der Waals surface area contributed by atoms with E-state index >= 15 is 0 Å². The molecule has 0 bridgehead atoms. The second-order valence-electron chi connectivity index (χ2n) is 4.93. The molecule has 2 rings (SSSR count). The van der Waals surface area contributed by atoms with Crippen molar-refractivity contribution in [1.29, 1.82) is 0 Å². The van der Waals surface area contributed by atoms with Crippen LogP contribution < -0.4 is 10.5 Å². The Hall–Kier alpha value is -1.000. The molecule has 0 fully saturated rings. The molecule has 2 N–H and O–H groups in total. The van der Waals surface area contributed by atoms with Crippen LogP contribution in [0.4, 0.5) is 5.69 Å². The largest absolute Gasteiger partial charge is 0.488 e. The maximum absolute atomic E-state index is 5.99. The lowest BCUT2D eigenvalue weighted by Crippen LogP contribution is -2.03. The Labute approximate surface area is 136 Å². The van der Waals surface area contributed by atoms with E-state index in [1.165, 1.54) is 5.56 Å². The van der Waals surface area contributed by atoms with Gasteiger partial charge in [-0.25, -0.2) is 0 Å². The summed E-state index contributed by atoms with van der Waals surface area (Å²) >= 11 is 7.01. The van der Waals surface area contributed by atoms with Gasteiger partial charge >= 0.3 is 0 Å². The number of hydrogen-bond acceptors (Lipinski definition) is 2. The smallest absolute Gasteiger partial charge is 0.123 e. The second-order valence-corrected chi connectivity index (χ2v) is 6.70. The molecule has 0 amide bonds. The number of rotatable bonds is 4. The van der Waals surface area contributed by atoms with Crippen LogP contribution in [0.3, 0.4) is 0 Å². The highest BCUT2D eigenvalue weighted by Gasteiger charge is 2.10. The first-order chi connectivity index (χ1) is 9.49. The standard InChI is InChI=1S/C16H17Br2NO/c1-10(2)12-8-11(17)6-7-16(12)20-9-13-14(18)4-3-5-15(13)19/h3-8,10H,9,19H2,1-2H3. The lowest BCUT2D eigenvalue weighted by Gasteiger charge is -2.16. The highest BCUT2D eigenvalue weighted by Crippen LogP contribution is 2.31. The van der Waals surface area contributed by atoms with Gasteiger partial charge in [-0.05, 0) is 41.8 Å². The van der Waals surface area contributed by atoms with Crippen molar-refractivity contribution in [3.8, 4) is 5.75 Å². The van der Waals surface area contributed by atoms with Gasteiger partial charge in [0.1, 0.15) is 12.4 Å². The minimum atomic E-state index is 0.402. The Morgan fingerprint density at radius 1 is 1.15 bits per heavy atom. The molecule has 0 unspecified atom stereocenters. The topological polar surface area (TPSA) is 35.2 Å². The fourth-order valence-electron chi connectivity index (χ4n) is 1.98. The van der Waals surface area contributed by atoms with Crippen molar-refractivity contribution < 1.29 is 4.74 Å². The third-order valence-electron chi connectivity index (χ3n) is 3.12. The Morgan fingerprint density at radius 2 is 1.90 bits per heavy atom. The van der Waals surface area contributed by atoms with Gasteiger partial charge in [-0.1, -0.05) is 51.8 Å². The number of halogens is 2. The molecule has 2 nitrogen and oxygen atoms in total. The maximum Gasteiger partial charge on any atom is 0.123 e. The summed E-state index contributed by atoms with van der Waals surface area (Å²) in [5, 5.41) is 0. The van der Waals surface area contributed by atoms with Gasteiger partial charge in [0, 0.05) is 20.2 Å². The molecule has 0 aliphatic rings. The van der Waals surface area contributed by atoms with E-state index in [2.05, 4.69) is 51.8 Å². The van der Waals surface area contributed by atoms with Crippen molar-refractivity contribution in [2.45, 2.75) is 26.4 Å². The number of nitrogens with two attached hydrogens (primary N) is 1. The van der Waals surface area contributed by atoms with Crippen LogP contribution in [-0.2, 0) is 6.61 Å². The zero-order chi connectivity index (χ0) is 14.7. The molecule has 0 aromatic heterocycles. The summed E-state index contributed by atoms with van der Waals surface area (Å²) in [5.74, 6) is 1.30. The fraction of sp³-hybridized carbons (Fsp3) is 0.250.